The normalized spacial score (nSPS) is 12.0. The number of rotatable bonds is 6. The van der Waals surface area contributed by atoms with Crippen molar-refractivity contribution in [2.75, 3.05) is 5.32 Å². The number of amides is 1. The highest BCUT2D eigenvalue weighted by atomic mass is 35.5. The second-order valence-corrected chi connectivity index (χ2v) is 9.67. The molecule has 0 aliphatic rings. The molecule has 146 valence electrons. The summed E-state index contributed by atoms with van der Waals surface area (Å²) in [4.78, 5) is 12.3. The van der Waals surface area contributed by atoms with Crippen molar-refractivity contribution in [3.8, 4) is 0 Å². The summed E-state index contributed by atoms with van der Waals surface area (Å²) < 4.78 is 27.2. The molecule has 5 nitrogen and oxygen atoms in total. The average molecular weight is 429 g/mol. The summed E-state index contributed by atoms with van der Waals surface area (Å²) in [5, 5.41) is 3.55. The van der Waals surface area contributed by atoms with E-state index in [4.69, 9.17) is 23.2 Å². The summed E-state index contributed by atoms with van der Waals surface area (Å²) in [6, 6.07) is 11.4. The van der Waals surface area contributed by atoms with Crippen LogP contribution < -0.4 is 10.0 Å². The number of benzene rings is 2. The molecule has 0 fully saturated rings. The molecule has 2 aromatic carbocycles. The number of nitrogens with one attached hydrogen (secondary N) is 2. The standard InChI is InChI=1S/C19H22Cl2N2O3S/c1-19(2,3)23-27(25,26)15-8-4-13(5-9-15)6-11-18(24)22-14-7-10-16(20)17(21)12-14/h4-5,7-10,12,23H,6,11H2,1-3H3,(H,22,24). The van der Waals surface area contributed by atoms with Gasteiger partial charge >= 0.3 is 0 Å². The summed E-state index contributed by atoms with van der Waals surface area (Å²) in [5.41, 5.74) is 0.887. The van der Waals surface area contributed by atoms with Crippen molar-refractivity contribution in [3.05, 3.63) is 58.1 Å². The lowest BCUT2D eigenvalue weighted by Crippen LogP contribution is -2.40. The summed E-state index contributed by atoms with van der Waals surface area (Å²) in [5.74, 6) is -0.167. The van der Waals surface area contributed by atoms with E-state index in [1.807, 2.05) is 0 Å². The number of aryl methyl sites for hydroxylation is 1. The van der Waals surface area contributed by atoms with Gasteiger partial charge in [0.1, 0.15) is 0 Å². The van der Waals surface area contributed by atoms with Gasteiger partial charge in [-0.25, -0.2) is 13.1 Å². The number of anilines is 1. The van der Waals surface area contributed by atoms with Crippen LogP contribution in [0.4, 0.5) is 5.69 Å². The van der Waals surface area contributed by atoms with E-state index in [0.29, 0.717) is 22.2 Å². The molecule has 8 heteroatoms. The number of hydrogen-bond donors (Lipinski definition) is 2. The molecule has 27 heavy (non-hydrogen) atoms. The monoisotopic (exact) mass is 428 g/mol. The molecule has 0 bridgehead atoms. The van der Waals surface area contributed by atoms with Gasteiger partial charge in [0, 0.05) is 17.6 Å². The average Bonchev–Trinajstić information content (AvgIpc) is 2.55. The van der Waals surface area contributed by atoms with Crippen LogP contribution in [0.15, 0.2) is 47.4 Å². The highest BCUT2D eigenvalue weighted by Gasteiger charge is 2.21. The van der Waals surface area contributed by atoms with Gasteiger partial charge in [0.25, 0.3) is 0 Å². The topological polar surface area (TPSA) is 75.3 Å². The largest absolute Gasteiger partial charge is 0.326 e. The number of halogens is 2. The molecule has 0 unspecified atom stereocenters. The highest BCUT2D eigenvalue weighted by molar-refractivity contribution is 7.89. The van der Waals surface area contributed by atoms with Gasteiger partial charge in [0.2, 0.25) is 15.9 Å². The molecule has 0 heterocycles. The van der Waals surface area contributed by atoms with Crippen LogP contribution in [0.5, 0.6) is 0 Å². The number of carbonyl (C=O) groups excluding carboxylic acids is 1. The van der Waals surface area contributed by atoms with Gasteiger partial charge in [0.05, 0.1) is 14.9 Å². The summed E-state index contributed by atoms with van der Waals surface area (Å²) in [6.07, 6.45) is 0.743. The van der Waals surface area contributed by atoms with Gasteiger partial charge in [-0.1, -0.05) is 35.3 Å². The Kier molecular flexibility index (Phi) is 6.92. The maximum atomic E-state index is 12.3. The molecule has 0 aliphatic carbocycles. The summed E-state index contributed by atoms with van der Waals surface area (Å²) in [7, 11) is -3.57. The lowest BCUT2D eigenvalue weighted by Gasteiger charge is -2.20. The minimum atomic E-state index is -3.57. The fourth-order valence-electron chi connectivity index (χ4n) is 2.35. The molecule has 0 aromatic heterocycles. The van der Waals surface area contributed by atoms with Crippen molar-refractivity contribution in [1.29, 1.82) is 0 Å². The second kappa shape index (κ2) is 8.61. The Morgan fingerprint density at radius 2 is 1.63 bits per heavy atom. The Morgan fingerprint density at radius 1 is 1.00 bits per heavy atom. The Hall–Kier alpha value is -1.60. The van der Waals surface area contributed by atoms with Crippen LogP contribution in [-0.4, -0.2) is 19.9 Å². The van der Waals surface area contributed by atoms with Crippen LogP contribution in [0.2, 0.25) is 10.0 Å². The molecule has 2 aromatic rings. The number of carbonyl (C=O) groups is 1. The number of sulfonamides is 1. The second-order valence-electron chi connectivity index (χ2n) is 7.18. The maximum Gasteiger partial charge on any atom is 0.241 e. The third kappa shape index (κ3) is 6.81. The number of hydrogen-bond acceptors (Lipinski definition) is 3. The minimum Gasteiger partial charge on any atom is -0.326 e. The van der Waals surface area contributed by atoms with Crippen molar-refractivity contribution in [1.82, 2.24) is 4.72 Å². The Balaban J connectivity index is 1.94. The first-order chi connectivity index (χ1) is 12.5. The Labute approximate surface area is 170 Å². The third-order valence-electron chi connectivity index (χ3n) is 3.52. The van der Waals surface area contributed by atoms with Gasteiger partial charge in [-0.2, -0.15) is 0 Å². The molecular formula is C19H22Cl2N2O3S. The maximum absolute atomic E-state index is 12.3. The first-order valence-electron chi connectivity index (χ1n) is 8.34. The van der Waals surface area contributed by atoms with Crippen LogP contribution >= 0.6 is 23.2 Å². The van der Waals surface area contributed by atoms with Gasteiger partial charge < -0.3 is 5.32 Å². The molecule has 0 saturated heterocycles. The summed E-state index contributed by atoms with van der Waals surface area (Å²) >= 11 is 11.8. The van der Waals surface area contributed by atoms with E-state index in [1.165, 1.54) is 0 Å². The zero-order valence-corrected chi connectivity index (χ0v) is 17.7. The van der Waals surface area contributed by atoms with Gasteiger partial charge in [-0.3, -0.25) is 4.79 Å². The molecule has 0 aliphatic heterocycles. The molecule has 0 saturated carbocycles. The van der Waals surface area contributed by atoms with E-state index < -0.39 is 15.6 Å². The smallest absolute Gasteiger partial charge is 0.241 e. The minimum absolute atomic E-state index is 0.167. The molecule has 0 spiro atoms. The van der Waals surface area contributed by atoms with Crippen LogP contribution in [0.3, 0.4) is 0 Å². The van der Waals surface area contributed by atoms with Crippen molar-refractivity contribution in [3.63, 3.8) is 0 Å². The zero-order valence-electron chi connectivity index (χ0n) is 15.3. The Bertz CT molecular complexity index is 921. The van der Waals surface area contributed by atoms with Gasteiger partial charge in [0.15, 0.2) is 0 Å². The van der Waals surface area contributed by atoms with Crippen LogP contribution in [0.1, 0.15) is 32.8 Å². The quantitative estimate of drug-likeness (QED) is 0.703. The van der Waals surface area contributed by atoms with E-state index in [1.54, 1.807) is 63.2 Å². The predicted octanol–water partition coefficient (Wildman–Crippen LogP) is 4.64. The molecule has 0 radical (unpaired) electrons. The van der Waals surface area contributed by atoms with E-state index in [0.717, 1.165) is 5.56 Å². The molecule has 0 atom stereocenters. The van der Waals surface area contributed by atoms with Crippen LogP contribution in [-0.2, 0) is 21.2 Å². The van der Waals surface area contributed by atoms with E-state index in [-0.39, 0.29) is 17.2 Å². The van der Waals surface area contributed by atoms with Crippen LogP contribution in [0, 0.1) is 0 Å². The SMILES string of the molecule is CC(C)(C)NS(=O)(=O)c1ccc(CCC(=O)Nc2ccc(Cl)c(Cl)c2)cc1. The van der Waals surface area contributed by atoms with Gasteiger partial charge in [-0.15, -0.1) is 0 Å². The van der Waals surface area contributed by atoms with Crippen molar-refractivity contribution in [2.24, 2.45) is 0 Å². The van der Waals surface area contributed by atoms with E-state index in [9.17, 15) is 13.2 Å². The predicted molar refractivity (Wildman–Crippen MR) is 110 cm³/mol. The first kappa shape index (κ1) is 21.7. The van der Waals surface area contributed by atoms with E-state index >= 15 is 0 Å². The first-order valence-corrected chi connectivity index (χ1v) is 10.6. The highest BCUT2D eigenvalue weighted by Crippen LogP contribution is 2.25. The van der Waals surface area contributed by atoms with Crippen molar-refractivity contribution >= 4 is 44.8 Å². The lowest BCUT2D eigenvalue weighted by molar-refractivity contribution is -0.116. The van der Waals surface area contributed by atoms with Crippen LogP contribution in [0.25, 0.3) is 0 Å². The van der Waals surface area contributed by atoms with Crippen molar-refractivity contribution < 1.29 is 13.2 Å². The lowest BCUT2D eigenvalue weighted by atomic mass is 10.1. The fourth-order valence-corrected chi connectivity index (χ4v) is 4.07. The van der Waals surface area contributed by atoms with Gasteiger partial charge in [-0.05, 0) is 63.1 Å². The molecular weight excluding hydrogens is 407 g/mol. The molecule has 1 amide bonds. The summed E-state index contributed by atoms with van der Waals surface area (Å²) in [6.45, 7) is 5.35. The molecule has 2 rings (SSSR count). The molecule has 2 N–H and O–H groups in total. The van der Waals surface area contributed by atoms with Crippen molar-refractivity contribution in [2.45, 2.75) is 44.0 Å². The Morgan fingerprint density at radius 3 is 2.19 bits per heavy atom. The fraction of sp³-hybridized carbons (Fsp3) is 0.316. The van der Waals surface area contributed by atoms with E-state index in [2.05, 4.69) is 10.0 Å². The zero-order chi connectivity index (χ0) is 20.2. The third-order valence-corrected chi connectivity index (χ3v) is 6.03.